The number of benzene rings is 4. The lowest BCUT2D eigenvalue weighted by atomic mass is 9.83. The van der Waals surface area contributed by atoms with Gasteiger partial charge in [-0.3, -0.25) is 19.2 Å². The number of aldehydes is 2. The van der Waals surface area contributed by atoms with Crippen molar-refractivity contribution in [2.75, 3.05) is 0 Å². The molecule has 4 rings (SSSR count). The van der Waals surface area contributed by atoms with Gasteiger partial charge in [-0.25, -0.2) is 9.59 Å². The van der Waals surface area contributed by atoms with Crippen LogP contribution in [0.4, 0.5) is 0 Å². The molecule has 0 amide bonds. The zero-order chi connectivity index (χ0) is 42.1. The first-order chi connectivity index (χ1) is 26.2. The third kappa shape index (κ3) is 7.79. The van der Waals surface area contributed by atoms with E-state index in [4.69, 9.17) is 31.2 Å². The topological polar surface area (TPSA) is 294 Å². The second kappa shape index (κ2) is 16.6. The molecule has 0 aliphatic rings. The van der Waals surface area contributed by atoms with E-state index >= 15 is 0 Å². The first-order valence-corrected chi connectivity index (χ1v) is 17.6. The summed E-state index contributed by atoms with van der Waals surface area (Å²) in [6.07, 6.45) is -1.00. The van der Waals surface area contributed by atoms with E-state index in [2.05, 4.69) is 0 Å². The number of carboxylic acids is 2. The van der Waals surface area contributed by atoms with Crippen molar-refractivity contribution in [1.82, 2.24) is 0 Å². The van der Waals surface area contributed by atoms with Crippen molar-refractivity contribution in [3.63, 3.8) is 0 Å². The van der Waals surface area contributed by atoms with Crippen LogP contribution in [0.3, 0.4) is 0 Å². The average molecular weight is 777 g/mol. The maximum Gasteiger partial charge on any atom is 0.328 e. The van der Waals surface area contributed by atoms with Crippen LogP contribution in [0, 0.1) is 13.8 Å². The lowest BCUT2D eigenvalue weighted by molar-refractivity contribution is -0.140. The number of esters is 2. The van der Waals surface area contributed by atoms with Crippen LogP contribution in [0.2, 0.25) is 0 Å². The molecule has 0 aliphatic carbocycles. The molecule has 10 N–H and O–H groups in total. The number of hydrogen-bond acceptors (Lipinski definition) is 14. The normalized spacial score (nSPS) is 12.5. The Kier molecular flexibility index (Phi) is 12.6. The fourth-order valence-electron chi connectivity index (χ4n) is 6.92. The molecule has 4 aromatic carbocycles. The summed E-state index contributed by atoms with van der Waals surface area (Å²) in [5.41, 5.74) is 11.7. The summed E-state index contributed by atoms with van der Waals surface area (Å²) < 4.78 is 10.9. The largest absolute Gasteiger partial charge is 0.507 e. The second-order valence-electron chi connectivity index (χ2n) is 14.2. The molecule has 298 valence electrons. The Hall–Kier alpha value is -6.26. The zero-order valence-corrected chi connectivity index (χ0v) is 31.6. The van der Waals surface area contributed by atoms with Gasteiger partial charge in [-0.2, -0.15) is 0 Å². The Morgan fingerprint density at radius 1 is 0.625 bits per heavy atom. The monoisotopic (exact) mass is 776 g/mol. The molecule has 0 bridgehead atoms. The third-order valence-corrected chi connectivity index (χ3v) is 9.53. The van der Waals surface area contributed by atoms with E-state index in [9.17, 15) is 49.2 Å². The van der Waals surface area contributed by atoms with E-state index in [1.54, 1.807) is 53.7 Å². The molecule has 0 heterocycles. The van der Waals surface area contributed by atoms with Crippen LogP contribution in [0.5, 0.6) is 34.5 Å². The fraction of sp³-hybridized carbons (Fsp3) is 0.350. The summed E-state index contributed by atoms with van der Waals surface area (Å²) in [7, 11) is 0. The number of carbonyl (C=O) groups excluding carboxylic acids is 4. The number of hydrogen-bond donors (Lipinski definition) is 8. The van der Waals surface area contributed by atoms with Crippen LogP contribution >= 0.6 is 0 Å². The Labute approximate surface area is 320 Å². The Bertz CT molecular complexity index is 2310. The number of fused-ring (bicyclic) bond motifs is 2. The molecular formula is C40H44N2O14. The van der Waals surface area contributed by atoms with Crippen molar-refractivity contribution >= 4 is 58.0 Å². The number of aliphatic carboxylic acids is 2. The molecular weight excluding hydrogens is 732 g/mol. The van der Waals surface area contributed by atoms with Crippen LogP contribution in [0.1, 0.15) is 108 Å². The van der Waals surface area contributed by atoms with Gasteiger partial charge in [-0.1, -0.05) is 39.8 Å². The van der Waals surface area contributed by atoms with Crippen molar-refractivity contribution < 1.29 is 68.9 Å². The van der Waals surface area contributed by atoms with Gasteiger partial charge in [0, 0.05) is 45.9 Å². The van der Waals surface area contributed by atoms with E-state index in [1.165, 1.54) is 0 Å². The summed E-state index contributed by atoms with van der Waals surface area (Å²) in [5, 5.41) is 65.0. The second-order valence-corrected chi connectivity index (χ2v) is 14.2. The number of rotatable bonds is 15. The summed E-state index contributed by atoms with van der Waals surface area (Å²) in [4.78, 5) is 73.4. The van der Waals surface area contributed by atoms with Crippen LogP contribution in [0.15, 0.2) is 12.1 Å². The molecule has 0 saturated heterocycles. The number of aromatic hydroxyl groups is 4. The van der Waals surface area contributed by atoms with Gasteiger partial charge < -0.3 is 51.6 Å². The molecule has 0 aliphatic heterocycles. The van der Waals surface area contributed by atoms with E-state index in [0.717, 1.165) is 0 Å². The number of phenolic OH excluding ortho intramolecular Hbond substituents is 4. The minimum Gasteiger partial charge on any atom is -0.507 e. The van der Waals surface area contributed by atoms with Gasteiger partial charge in [-0.05, 0) is 60.4 Å². The van der Waals surface area contributed by atoms with Gasteiger partial charge >= 0.3 is 23.9 Å². The molecule has 16 heteroatoms. The summed E-state index contributed by atoms with van der Waals surface area (Å²) in [6, 6.07) is 0.261. The molecule has 56 heavy (non-hydrogen) atoms. The van der Waals surface area contributed by atoms with E-state index in [-0.39, 0.29) is 69.2 Å². The Balaban J connectivity index is 2.07. The van der Waals surface area contributed by atoms with Gasteiger partial charge in [0.2, 0.25) is 0 Å². The van der Waals surface area contributed by atoms with Crippen molar-refractivity contribution in [2.45, 2.75) is 91.1 Å². The SMILES string of the molecule is Cc1cc2c(C(C)C)c(OC(=O)[C@@H](N)CCC(=O)O)c(O)c(C=O)c2c(O)c1-c1c(C)cc2c(C(C)C)c(O)c(OC(=O)[C@@H](N)CCC(=O)O)c(C=O)c2c1O. The minimum absolute atomic E-state index is 0.0303. The molecule has 0 radical (unpaired) electrons. The molecule has 0 fully saturated rings. The van der Waals surface area contributed by atoms with E-state index in [1.807, 2.05) is 0 Å². The van der Waals surface area contributed by atoms with Crippen molar-refractivity contribution in [3.8, 4) is 45.6 Å². The van der Waals surface area contributed by atoms with Crippen LogP contribution in [0.25, 0.3) is 32.7 Å². The fourth-order valence-corrected chi connectivity index (χ4v) is 6.92. The Morgan fingerprint density at radius 3 is 1.41 bits per heavy atom. The first kappa shape index (κ1) is 42.5. The third-order valence-electron chi connectivity index (χ3n) is 9.53. The predicted octanol–water partition coefficient (Wildman–Crippen LogP) is 5.17. The number of carboxylic acid groups (broad SMARTS) is 2. The van der Waals surface area contributed by atoms with Gasteiger partial charge in [0.15, 0.2) is 35.6 Å². The highest BCUT2D eigenvalue weighted by atomic mass is 16.5. The van der Waals surface area contributed by atoms with Crippen LogP contribution < -0.4 is 20.9 Å². The summed E-state index contributed by atoms with van der Waals surface area (Å²) in [5.74, 6) is -9.24. The maximum atomic E-state index is 13.0. The average Bonchev–Trinajstić information content (AvgIpc) is 3.11. The number of nitrogens with two attached hydrogens (primary N) is 2. The zero-order valence-electron chi connectivity index (χ0n) is 31.6. The highest BCUT2D eigenvalue weighted by molar-refractivity contribution is 6.14. The van der Waals surface area contributed by atoms with Crippen LogP contribution in [-0.2, 0) is 19.2 Å². The van der Waals surface area contributed by atoms with Crippen molar-refractivity contribution in [3.05, 3.63) is 45.5 Å². The smallest absolute Gasteiger partial charge is 0.328 e. The molecule has 0 unspecified atom stereocenters. The highest BCUT2D eigenvalue weighted by Crippen LogP contribution is 2.54. The first-order valence-electron chi connectivity index (χ1n) is 17.6. The van der Waals surface area contributed by atoms with Gasteiger partial charge in [0.25, 0.3) is 0 Å². The minimum atomic E-state index is -1.44. The number of phenols is 4. The van der Waals surface area contributed by atoms with Crippen molar-refractivity contribution in [2.24, 2.45) is 11.5 Å². The van der Waals surface area contributed by atoms with Gasteiger partial charge in [0.05, 0.1) is 11.1 Å². The quantitative estimate of drug-likeness (QED) is 0.0439. The predicted molar refractivity (Wildman–Crippen MR) is 203 cm³/mol. The van der Waals surface area contributed by atoms with Gasteiger partial charge in [0.1, 0.15) is 23.6 Å². The maximum absolute atomic E-state index is 13.0. The standard InChI is InChI=1S/C40H44N2O14/c1-15(2)27-19-11-17(5)30(35(51)32(19)22(14-44)37(36(27)52)55-39(53)23(41)7-9-25(45)46)29-18(6)12-20-28(16(3)4)38(33(49)21(13-43)31(20)34(29)50)56-40(54)24(42)8-10-26(47)48/h11-16,23-24,49-52H,7-10,41-42H2,1-6H3,(H,45,46)(H,47,48)/t23-,24-/m0/s1. The molecule has 16 nitrogen and oxygen atoms in total. The lowest BCUT2D eigenvalue weighted by Gasteiger charge is -2.24. The summed E-state index contributed by atoms with van der Waals surface area (Å²) >= 11 is 0. The van der Waals surface area contributed by atoms with E-state index < -0.39 is 106 Å². The van der Waals surface area contributed by atoms with Crippen LogP contribution in [-0.4, -0.2) is 79.2 Å². The number of carbonyl (C=O) groups is 6. The van der Waals surface area contributed by atoms with Crippen molar-refractivity contribution in [1.29, 1.82) is 0 Å². The molecule has 4 aromatic rings. The number of ether oxygens (including phenoxy) is 2. The Morgan fingerprint density at radius 2 is 1.02 bits per heavy atom. The molecule has 0 spiro atoms. The highest BCUT2D eigenvalue weighted by Gasteiger charge is 2.33. The van der Waals surface area contributed by atoms with E-state index in [0.29, 0.717) is 11.1 Å². The number of aryl methyl sites for hydroxylation is 2. The van der Waals surface area contributed by atoms with Gasteiger partial charge in [-0.15, -0.1) is 0 Å². The molecule has 0 saturated carbocycles. The lowest BCUT2D eigenvalue weighted by Crippen LogP contribution is -2.35. The summed E-state index contributed by atoms with van der Waals surface area (Å²) in [6.45, 7) is 9.96. The molecule has 0 aromatic heterocycles. The molecule has 2 atom stereocenters.